The molecular formula is C10H11NO. The first-order valence-corrected chi connectivity index (χ1v) is 3.76. The minimum absolute atomic E-state index is 0.387. The number of hydrogen-bond acceptors (Lipinski definition) is 1. The number of carbonyl (C=O) groups excluding carboxylic acids is 1. The van der Waals surface area contributed by atoms with Gasteiger partial charge >= 0.3 is 0 Å². The fourth-order valence-corrected chi connectivity index (χ4v) is 0.951. The molecule has 0 aromatic heterocycles. The van der Waals surface area contributed by atoms with Crippen LogP contribution in [-0.2, 0) is 0 Å². The molecule has 0 heterocycles. The first-order valence-electron chi connectivity index (χ1n) is 3.76. The van der Waals surface area contributed by atoms with Gasteiger partial charge < -0.3 is 5.73 Å². The minimum atomic E-state index is -0.387. The summed E-state index contributed by atoms with van der Waals surface area (Å²) in [7, 11) is 0. The van der Waals surface area contributed by atoms with E-state index in [9.17, 15) is 4.79 Å². The first-order chi connectivity index (χ1) is 5.74. The summed E-state index contributed by atoms with van der Waals surface area (Å²) in [6.45, 7) is 1.95. The Hall–Kier alpha value is -1.57. The van der Waals surface area contributed by atoms with Crippen LogP contribution < -0.4 is 5.73 Å². The summed E-state index contributed by atoms with van der Waals surface area (Å²) in [5.41, 5.74) is 6.70. The first kappa shape index (κ1) is 8.53. The monoisotopic (exact) mass is 161 g/mol. The fraction of sp³-hybridized carbons (Fsp3) is 0.100. The third-order valence-electron chi connectivity index (χ3n) is 1.55. The van der Waals surface area contributed by atoms with Gasteiger partial charge in [-0.2, -0.15) is 0 Å². The predicted octanol–water partition coefficient (Wildman–Crippen LogP) is 1.82. The van der Waals surface area contributed by atoms with E-state index in [1.165, 1.54) is 0 Å². The lowest BCUT2D eigenvalue weighted by molar-refractivity contribution is 0.100. The van der Waals surface area contributed by atoms with Crippen LogP contribution in [0, 0.1) is 0 Å². The molecule has 0 radical (unpaired) electrons. The molecule has 0 aliphatic rings. The molecule has 1 amide bonds. The summed E-state index contributed by atoms with van der Waals surface area (Å²) < 4.78 is 0. The molecule has 0 bridgehead atoms. The molecule has 0 spiro atoms. The summed E-state index contributed by atoms with van der Waals surface area (Å²) in [6.07, 6.45) is 3.91. The highest BCUT2D eigenvalue weighted by Crippen LogP contribution is 2.05. The third-order valence-corrected chi connectivity index (χ3v) is 1.55. The van der Waals surface area contributed by atoms with Gasteiger partial charge in [0.2, 0.25) is 5.91 Å². The average Bonchev–Trinajstić information content (AvgIpc) is 2.06. The maximum atomic E-state index is 10.7. The molecule has 1 aromatic carbocycles. The maximum Gasteiger partial charge on any atom is 0.248 e. The van der Waals surface area contributed by atoms with Gasteiger partial charge in [-0.15, -0.1) is 0 Å². The molecule has 0 saturated heterocycles. The Kier molecular flexibility index (Phi) is 2.64. The average molecular weight is 161 g/mol. The van der Waals surface area contributed by atoms with Crippen LogP contribution in [0.5, 0.6) is 0 Å². The normalized spacial score (nSPS) is 10.4. The number of hydrogen-bond donors (Lipinski definition) is 1. The number of amides is 1. The molecule has 0 fully saturated rings. The highest BCUT2D eigenvalue weighted by atomic mass is 16.1. The Morgan fingerprint density at radius 1 is 1.33 bits per heavy atom. The van der Waals surface area contributed by atoms with Crippen LogP contribution in [0.15, 0.2) is 30.3 Å². The molecule has 0 atom stereocenters. The second-order valence-electron chi connectivity index (χ2n) is 2.49. The van der Waals surface area contributed by atoms with Crippen LogP contribution in [-0.4, -0.2) is 5.91 Å². The Morgan fingerprint density at radius 3 is 2.33 bits per heavy atom. The molecule has 1 aromatic rings. The summed E-state index contributed by atoms with van der Waals surface area (Å²) in [6, 6.07) is 7.16. The largest absolute Gasteiger partial charge is 0.366 e. The van der Waals surface area contributed by atoms with Crippen molar-refractivity contribution in [3.63, 3.8) is 0 Å². The zero-order valence-electron chi connectivity index (χ0n) is 6.95. The third kappa shape index (κ3) is 1.95. The van der Waals surface area contributed by atoms with Gasteiger partial charge in [0.25, 0.3) is 0 Å². The van der Waals surface area contributed by atoms with Gasteiger partial charge in [-0.25, -0.2) is 0 Å². The second-order valence-corrected chi connectivity index (χ2v) is 2.49. The maximum absolute atomic E-state index is 10.7. The number of primary amides is 1. The standard InChI is InChI=1S/C10H11NO/c1-2-3-8-4-6-9(7-5-8)10(11)12/h2-7H,1H3,(H2,11,12)/b3-2-. The zero-order chi connectivity index (χ0) is 8.97. The highest BCUT2D eigenvalue weighted by Gasteiger charge is 1.96. The van der Waals surface area contributed by atoms with Crippen LogP contribution in [0.2, 0.25) is 0 Å². The smallest absolute Gasteiger partial charge is 0.248 e. The van der Waals surface area contributed by atoms with E-state index in [-0.39, 0.29) is 5.91 Å². The van der Waals surface area contributed by atoms with E-state index in [1.807, 2.05) is 31.2 Å². The summed E-state index contributed by atoms with van der Waals surface area (Å²) in [5.74, 6) is -0.387. The van der Waals surface area contributed by atoms with E-state index in [0.717, 1.165) is 5.56 Å². The topological polar surface area (TPSA) is 43.1 Å². The van der Waals surface area contributed by atoms with E-state index in [2.05, 4.69) is 0 Å². The zero-order valence-corrected chi connectivity index (χ0v) is 6.95. The van der Waals surface area contributed by atoms with Crippen LogP contribution in [0.4, 0.5) is 0 Å². The van der Waals surface area contributed by atoms with Crippen molar-refractivity contribution in [1.82, 2.24) is 0 Å². The summed E-state index contributed by atoms with van der Waals surface area (Å²) >= 11 is 0. The lowest BCUT2D eigenvalue weighted by Gasteiger charge is -1.95. The Morgan fingerprint density at radius 2 is 1.92 bits per heavy atom. The fourth-order valence-electron chi connectivity index (χ4n) is 0.951. The van der Waals surface area contributed by atoms with Crippen LogP contribution in [0.25, 0.3) is 6.08 Å². The minimum Gasteiger partial charge on any atom is -0.366 e. The van der Waals surface area contributed by atoms with Gasteiger partial charge in [0, 0.05) is 5.56 Å². The highest BCUT2D eigenvalue weighted by molar-refractivity contribution is 5.92. The van der Waals surface area contributed by atoms with Crippen molar-refractivity contribution >= 4 is 12.0 Å². The SMILES string of the molecule is C/C=C\c1ccc(C(N)=O)cc1. The van der Waals surface area contributed by atoms with Gasteiger partial charge in [0.05, 0.1) is 0 Å². The number of benzene rings is 1. The molecule has 62 valence electrons. The van der Waals surface area contributed by atoms with Gasteiger partial charge in [-0.05, 0) is 24.6 Å². The second kappa shape index (κ2) is 3.72. The Bertz CT molecular complexity index is 298. The van der Waals surface area contributed by atoms with E-state index in [1.54, 1.807) is 12.1 Å². The van der Waals surface area contributed by atoms with Crippen molar-refractivity contribution in [2.75, 3.05) is 0 Å². The van der Waals surface area contributed by atoms with Gasteiger partial charge in [-0.1, -0.05) is 24.3 Å². The molecule has 12 heavy (non-hydrogen) atoms. The van der Waals surface area contributed by atoms with Crippen molar-refractivity contribution in [3.05, 3.63) is 41.5 Å². The van der Waals surface area contributed by atoms with Crippen molar-refractivity contribution in [1.29, 1.82) is 0 Å². The van der Waals surface area contributed by atoms with Crippen LogP contribution in [0.1, 0.15) is 22.8 Å². The summed E-state index contributed by atoms with van der Waals surface area (Å²) in [5, 5.41) is 0. The summed E-state index contributed by atoms with van der Waals surface area (Å²) in [4.78, 5) is 10.7. The number of rotatable bonds is 2. The lowest BCUT2D eigenvalue weighted by Crippen LogP contribution is -2.10. The predicted molar refractivity (Wildman–Crippen MR) is 49.7 cm³/mol. The van der Waals surface area contributed by atoms with Crippen molar-refractivity contribution in [2.24, 2.45) is 5.73 Å². The van der Waals surface area contributed by atoms with Crippen molar-refractivity contribution < 1.29 is 4.79 Å². The lowest BCUT2D eigenvalue weighted by atomic mass is 10.1. The molecular weight excluding hydrogens is 150 g/mol. The quantitative estimate of drug-likeness (QED) is 0.706. The van der Waals surface area contributed by atoms with E-state index in [4.69, 9.17) is 5.73 Å². The number of nitrogens with two attached hydrogens (primary N) is 1. The Labute approximate surface area is 71.7 Å². The van der Waals surface area contributed by atoms with Crippen LogP contribution in [0.3, 0.4) is 0 Å². The van der Waals surface area contributed by atoms with Crippen molar-refractivity contribution in [2.45, 2.75) is 6.92 Å². The van der Waals surface area contributed by atoms with E-state index >= 15 is 0 Å². The Balaban J connectivity index is 2.93. The number of carbonyl (C=O) groups is 1. The molecule has 0 saturated carbocycles. The molecule has 0 aliphatic heterocycles. The van der Waals surface area contributed by atoms with E-state index in [0.29, 0.717) is 5.56 Å². The van der Waals surface area contributed by atoms with Gasteiger partial charge in [0.15, 0.2) is 0 Å². The molecule has 2 N–H and O–H groups in total. The molecule has 0 aliphatic carbocycles. The van der Waals surface area contributed by atoms with E-state index < -0.39 is 0 Å². The molecule has 1 rings (SSSR count). The van der Waals surface area contributed by atoms with Gasteiger partial charge in [-0.3, -0.25) is 4.79 Å². The number of allylic oxidation sites excluding steroid dienone is 1. The molecule has 2 heteroatoms. The van der Waals surface area contributed by atoms with Crippen molar-refractivity contribution in [3.8, 4) is 0 Å². The van der Waals surface area contributed by atoms with Gasteiger partial charge in [0.1, 0.15) is 0 Å². The van der Waals surface area contributed by atoms with Crippen LogP contribution >= 0.6 is 0 Å². The molecule has 0 unspecified atom stereocenters. The molecule has 2 nitrogen and oxygen atoms in total.